The van der Waals surface area contributed by atoms with Crippen LogP contribution in [0.15, 0.2) is 12.1 Å². The molecular formula is C8H8F2O. The highest BCUT2D eigenvalue weighted by Gasteiger charge is 2.08. The third-order valence-electron chi connectivity index (χ3n) is 1.50. The molecule has 0 heterocycles. The lowest BCUT2D eigenvalue weighted by atomic mass is 10.2. The first-order chi connectivity index (χ1) is 5.16. The van der Waals surface area contributed by atoms with E-state index in [-0.39, 0.29) is 11.3 Å². The van der Waals surface area contributed by atoms with E-state index < -0.39 is 11.6 Å². The first-order valence-corrected chi connectivity index (χ1v) is 3.15. The fraction of sp³-hybridized carbons (Fsp3) is 0.250. The van der Waals surface area contributed by atoms with Crippen LogP contribution in [0.4, 0.5) is 8.78 Å². The van der Waals surface area contributed by atoms with Crippen molar-refractivity contribution in [2.45, 2.75) is 6.92 Å². The van der Waals surface area contributed by atoms with Gasteiger partial charge in [0.05, 0.1) is 7.11 Å². The first-order valence-electron chi connectivity index (χ1n) is 3.15. The van der Waals surface area contributed by atoms with Crippen molar-refractivity contribution in [3.63, 3.8) is 0 Å². The highest BCUT2D eigenvalue weighted by Crippen LogP contribution is 2.21. The highest BCUT2D eigenvalue weighted by atomic mass is 19.1. The molecule has 0 amide bonds. The normalized spacial score (nSPS) is 9.82. The van der Waals surface area contributed by atoms with Crippen LogP contribution < -0.4 is 4.74 Å². The number of rotatable bonds is 1. The average molecular weight is 158 g/mol. The molecule has 0 bridgehead atoms. The van der Waals surface area contributed by atoms with Gasteiger partial charge < -0.3 is 4.74 Å². The number of halogens is 2. The fourth-order valence-electron chi connectivity index (χ4n) is 0.794. The third-order valence-corrected chi connectivity index (χ3v) is 1.50. The van der Waals surface area contributed by atoms with Gasteiger partial charge in [-0.1, -0.05) is 0 Å². The molecule has 0 aliphatic heterocycles. The summed E-state index contributed by atoms with van der Waals surface area (Å²) in [6, 6.07) is 2.44. The molecule has 60 valence electrons. The van der Waals surface area contributed by atoms with E-state index in [2.05, 4.69) is 4.74 Å². The molecule has 0 saturated carbocycles. The molecule has 3 heteroatoms. The minimum absolute atomic E-state index is 0.00986. The predicted octanol–water partition coefficient (Wildman–Crippen LogP) is 2.28. The first kappa shape index (κ1) is 7.98. The van der Waals surface area contributed by atoms with Crippen molar-refractivity contribution in [2.75, 3.05) is 7.11 Å². The van der Waals surface area contributed by atoms with Crippen LogP contribution in [-0.2, 0) is 0 Å². The molecular weight excluding hydrogens is 150 g/mol. The van der Waals surface area contributed by atoms with Gasteiger partial charge in [0.1, 0.15) is 5.82 Å². The molecule has 0 aliphatic carbocycles. The van der Waals surface area contributed by atoms with Crippen molar-refractivity contribution in [1.29, 1.82) is 0 Å². The van der Waals surface area contributed by atoms with Crippen LogP contribution >= 0.6 is 0 Å². The van der Waals surface area contributed by atoms with Crippen molar-refractivity contribution in [3.8, 4) is 5.75 Å². The highest BCUT2D eigenvalue weighted by molar-refractivity contribution is 5.31. The molecule has 0 spiro atoms. The summed E-state index contributed by atoms with van der Waals surface area (Å²) in [5.41, 5.74) is -0.00986. The molecule has 0 aliphatic rings. The standard InChI is InChI=1S/C8H8F2O/c1-5-6(9)3-4-7(11-2)8(5)10/h3-4H,1-2H3. The van der Waals surface area contributed by atoms with E-state index in [1.807, 2.05) is 0 Å². The number of methoxy groups -OCH3 is 1. The van der Waals surface area contributed by atoms with Crippen LogP contribution in [-0.4, -0.2) is 7.11 Å². The number of ether oxygens (including phenoxy) is 1. The van der Waals surface area contributed by atoms with Crippen LogP contribution in [0, 0.1) is 18.6 Å². The Balaban J connectivity index is 3.25. The topological polar surface area (TPSA) is 9.23 Å². The zero-order valence-electron chi connectivity index (χ0n) is 6.32. The number of benzene rings is 1. The van der Waals surface area contributed by atoms with E-state index in [0.29, 0.717) is 0 Å². The van der Waals surface area contributed by atoms with Crippen LogP contribution in [0.1, 0.15) is 5.56 Å². The maximum atomic E-state index is 12.9. The summed E-state index contributed by atoms with van der Waals surface area (Å²) in [4.78, 5) is 0. The lowest BCUT2D eigenvalue weighted by Crippen LogP contribution is -1.93. The number of hydrogen-bond donors (Lipinski definition) is 0. The molecule has 0 N–H and O–H groups in total. The zero-order valence-corrected chi connectivity index (χ0v) is 6.32. The Labute approximate surface area is 63.6 Å². The SMILES string of the molecule is COc1ccc(F)c(C)c1F. The molecule has 11 heavy (non-hydrogen) atoms. The van der Waals surface area contributed by atoms with Gasteiger partial charge in [0.25, 0.3) is 0 Å². The molecule has 1 aromatic rings. The van der Waals surface area contributed by atoms with Crippen LogP contribution in [0.3, 0.4) is 0 Å². The zero-order chi connectivity index (χ0) is 8.43. The molecule has 0 aromatic heterocycles. The van der Waals surface area contributed by atoms with Crippen molar-refractivity contribution in [1.82, 2.24) is 0 Å². The summed E-state index contributed by atoms with van der Waals surface area (Å²) >= 11 is 0. The predicted molar refractivity (Wildman–Crippen MR) is 37.6 cm³/mol. The summed E-state index contributed by atoms with van der Waals surface area (Å²) in [6.07, 6.45) is 0. The minimum atomic E-state index is -0.632. The Morgan fingerprint density at radius 1 is 1.27 bits per heavy atom. The van der Waals surface area contributed by atoms with Gasteiger partial charge in [-0.2, -0.15) is 0 Å². The summed E-state index contributed by atoms with van der Waals surface area (Å²) in [7, 11) is 1.34. The fourth-order valence-corrected chi connectivity index (χ4v) is 0.794. The molecule has 0 saturated heterocycles. The quantitative estimate of drug-likeness (QED) is 0.609. The maximum Gasteiger partial charge on any atom is 0.170 e. The Kier molecular flexibility index (Phi) is 2.08. The summed E-state index contributed by atoms with van der Waals surface area (Å²) in [5.74, 6) is -1.11. The van der Waals surface area contributed by atoms with E-state index in [1.165, 1.54) is 26.2 Å². The van der Waals surface area contributed by atoms with Crippen LogP contribution in [0.2, 0.25) is 0 Å². The molecule has 0 atom stereocenters. The molecule has 0 radical (unpaired) electrons. The Morgan fingerprint density at radius 2 is 1.91 bits per heavy atom. The minimum Gasteiger partial charge on any atom is -0.494 e. The molecule has 0 unspecified atom stereocenters. The Bertz CT molecular complexity index is 271. The number of hydrogen-bond acceptors (Lipinski definition) is 1. The second-order valence-electron chi connectivity index (χ2n) is 2.19. The smallest absolute Gasteiger partial charge is 0.170 e. The van der Waals surface area contributed by atoms with Crippen molar-refractivity contribution < 1.29 is 13.5 Å². The monoisotopic (exact) mass is 158 g/mol. The van der Waals surface area contributed by atoms with E-state index in [1.54, 1.807) is 0 Å². The van der Waals surface area contributed by atoms with E-state index in [9.17, 15) is 8.78 Å². The second kappa shape index (κ2) is 2.86. The van der Waals surface area contributed by atoms with Gasteiger partial charge in [0.2, 0.25) is 0 Å². The second-order valence-corrected chi connectivity index (χ2v) is 2.19. The van der Waals surface area contributed by atoms with E-state index >= 15 is 0 Å². The molecule has 1 aromatic carbocycles. The van der Waals surface area contributed by atoms with Crippen molar-refractivity contribution >= 4 is 0 Å². The largest absolute Gasteiger partial charge is 0.494 e. The van der Waals surface area contributed by atoms with Gasteiger partial charge in [0, 0.05) is 5.56 Å². The van der Waals surface area contributed by atoms with Gasteiger partial charge in [-0.05, 0) is 19.1 Å². The third kappa shape index (κ3) is 1.31. The van der Waals surface area contributed by atoms with Gasteiger partial charge >= 0.3 is 0 Å². The lowest BCUT2D eigenvalue weighted by molar-refractivity contribution is 0.382. The average Bonchev–Trinajstić information content (AvgIpc) is 2.01. The van der Waals surface area contributed by atoms with E-state index in [0.717, 1.165) is 0 Å². The summed E-state index contributed by atoms with van der Waals surface area (Å²) in [5, 5.41) is 0. The maximum absolute atomic E-state index is 12.9. The van der Waals surface area contributed by atoms with E-state index in [4.69, 9.17) is 0 Å². The van der Waals surface area contributed by atoms with Crippen LogP contribution in [0.5, 0.6) is 5.75 Å². The Hall–Kier alpha value is -1.12. The Morgan fingerprint density at radius 3 is 2.45 bits per heavy atom. The van der Waals surface area contributed by atoms with Gasteiger partial charge in [-0.25, -0.2) is 8.78 Å². The van der Waals surface area contributed by atoms with Crippen LogP contribution in [0.25, 0.3) is 0 Å². The van der Waals surface area contributed by atoms with Gasteiger partial charge in [-0.3, -0.25) is 0 Å². The molecule has 1 rings (SSSR count). The van der Waals surface area contributed by atoms with Gasteiger partial charge in [0.15, 0.2) is 11.6 Å². The van der Waals surface area contributed by atoms with Crippen molar-refractivity contribution in [3.05, 3.63) is 29.3 Å². The van der Waals surface area contributed by atoms with Gasteiger partial charge in [-0.15, -0.1) is 0 Å². The van der Waals surface area contributed by atoms with Crippen molar-refractivity contribution in [2.24, 2.45) is 0 Å². The molecule has 0 fully saturated rings. The lowest BCUT2D eigenvalue weighted by Gasteiger charge is -2.03. The molecule has 1 nitrogen and oxygen atoms in total. The summed E-state index contributed by atoms with van der Waals surface area (Å²) in [6.45, 7) is 1.37. The summed E-state index contributed by atoms with van der Waals surface area (Å²) < 4.78 is 30.1.